The van der Waals surface area contributed by atoms with Gasteiger partial charge in [0, 0.05) is 18.0 Å². The Morgan fingerprint density at radius 1 is 1.26 bits per heavy atom. The first-order valence-electron chi connectivity index (χ1n) is 9.48. The summed E-state index contributed by atoms with van der Waals surface area (Å²) < 4.78 is 33.7. The molecular formula is C20H28N2O3S2. The van der Waals surface area contributed by atoms with E-state index in [0.717, 1.165) is 38.0 Å². The molecule has 1 aliphatic heterocycles. The topological polar surface area (TPSA) is 58.6 Å². The van der Waals surface area contributed by atoms with Gasteiger partial charge >= 0.3 is 0 Å². The number of hydrogen-bond donors (Lipinski definition) is 1. The SMILES string of the molecule is CCOc1ccc(C)cc1S(=O)(=O)NCCN1CCC(c2cccs2)CC1. The lowest BCUT2D eigenvalue weighted by Crippen LogP contribution is -2.39. The molecular weight excluding hydrogens is 380 g/mol. The number of thiophene rings is 1. The number of ether oxygens (including phenoxy) is 1. The number of aryl methyl sites for hydroxylation is 1. The summed E-state index contributed by atoms with van der Waals surface area (Å²) >= 11 is 1.83. The summed E-state index contributed by atoms with van der Waals surface area (Å²) in [5, 5.41) is 2.14. The summed E-state index contributed by atoms with van der Waals surface area (Å²) in [4.78, 5) is 4.03. The smallest absolute Gasteiger partial charge is 0.244 e. The van der Waals surface area contributed by atoms with E-state index >= 15 is 0 Å². The van der Waals surface area contributed by atoms with Gasteiger partial charge in [-0.1, -0.05) is 12.1 Å². The van der Waals surface area contributed by atoms with Crippen LogP contribution in [0, 0.1) is 6.92 Å². The molecule has 0 unspecified atom stereocenters. The molecule has 5 nitrogen and oxygen atoms in total. The minimum atomic E-state index is -3.58. The van der Waals surface area contributed by atoms with E-state index in [4.69, 9.17) is 4.74 Å². The number of nitrogens with one attached hydrogen (secondary N) is 1. The molecule has 1 saturated heterocycles. The van der Waals surface area contributed by atoms with Crippen LogP contribution in [0.15, 0.2) is 40.6 Å². The lowest BCUT2D eigenvalue weighted by atomic mass is 9.95. The molecule has 1 N–H and O–H groups in total. The van der Waals surface area contributed by atoms with Crippen LogP contribution in [0.4, 0.5) is 0 Å². The van der Waals surface area contributed by atoms with Crippen LogP contribution in [0.3, 0.4) is 0 Å². The van der Waals surface area contributed by atoms with Crippen LogP contribution >= 0.6 is 11.3 Å². The van der Waals surface area contributed by atoms with Gasteiger partial charge in [0.25, 0.3) is 0 Å². The second-order valence-corrected chi connectivity index (χ2v) is 9.63. The molecule has 0 radical (unpaired) electrons. The second-order valence-electron chi connectivity index (χ2n) is 6.91. The van der Waals surface area contributed by atoms with Crippen LogP contribution in [-0.2, 0) is 10.0 Å². The zero-order chi connectivity index (χ0) is 19.3. The van der Waals surface area contributed by atoms with Crippen LogP contribution in [0.5, 0.6) is 5.75 Å². The Morgan fingerprint density at radius 2 is 2.04 bits per heavy atom. The van der Waals surface area contributed by atoms with Gasteiger partial charge in [0.15, 0.2) is 0 Å². The molecule has 27 heavy (non-hydrogen) atoms. The fourth-order valence-electron chi connectivity index (χ4n) is 3.48. The van der Waals surface area contributed by atoms with Gasteiger partial charge in [-0.3, -0.25) is 0 Å². The predicted octanol–water partition coefficient (Wildman–Crippen LogP) is 3.61. The van der Waals surface area contributed by atoms with Crippen LogP contribution < -0.4 is 9.46 Å². The fourth-order valence-corrected chi connectivity index (χ4v) is 5.63. The predicted molar refractivity (Wildman–Crippen MR) is 110 cm³/mol. The zero-order valence-electron chi connectivity index (χ0n) is 16.0. The maximum absolute atomic E-state index is 12.7. The molecule has 148 valence electrons. The van der Waals surface area contributed by atoms with E-state index in [1.807, 2.05) is 31.3 Å². The van der Waals surface area contributed by atoms with Crippen molar-refractivity contribution in [2.45, 2.75) is 37.5 Å². The standard InChI is InChI=1S/C20H28N2O3S2/c1-3-25-18-7-6-16(2)15-20(18)27(23,24)21-10-13-22-11-8-17(9-12-22)19-5-4-14-26-19/h4-7,14-15,17,21H,3,8-13H2,1-2H3. The van der Waals surface area contributed by atoms with E-state index in [1.165, 1.54) is 4.88 Å². The van der Waals surface area contributed by atoms with Crippen molar-refractivity contribution < 1.29 is 13.2 Å². The third kappa shape index (κ3) is 5.31. The van der Waals surface area contributed by atoms with Gasteiger partial charge in [-0.2, -0.15) is 0 Å². The van der Waals surface area contributed by atoms with E-state index in [2.05, 4.69) is 27.1 Å². The maximum Gasteiger partial charge on any atom is 0.244 e. The molecule has 1 aromatic heterocycles. The van der Waals surface area contributed by atoms with Crippen molar-refractivity contribution in [3.63, 3.8) is 0 Å². The Labute approximate surface area is 166 Å². The molecule has 3 rings (SSSR count). The molecule has 0 atom stereocenters. The largest absolute Gasteiger partial charge is 0.492 e. The van der Waals surface area contributed by atoms with Crippen molar-refractivity contribution in [2.24, 2.45) is 0 Å². The fraction of sp³-hybridized carbons (Fsp3) is 0.500. The Morgan fingerprint density at radius 3 is 2.70 bits per heavy atom. The van der Waals surface area contributed by atoms with Crippen molar-refractivity contribution in [2.75, 3.05) is 32.8 Å². The van der Waals surface area contributed by atoms with Crippen molar-refractivity contribution >= 4 is 21.4 Å². The highest BCUT2D eigenvalue weighted by molar-refractivity contribution is 7.89. The quantitative estimate of drug-likeness (QED) is 0.725. The van der Waals surface area contributed by atoms with Crippen LogP contribution in [0.2, 0.25) is 0 Å². The van der Waals surface area contributed by atoms with Crippen molar-refractivity contribution in [3.05, 3.63) is 46.2 Å². The van der Waals surface area contributed by atoms with Gasteiger partial charge in [0.1, 0.15) is 10.6 Å². The molecule has 1 aliphatic rings. The van der Waals surface area contributed by atoms with Gasteiger partial charge in [-0.15, -0.1) is 11.3 Å². The molecule has 0 aliphatic carbocycles. The highest BCUT2D eigenvalue weighted by Crippen LogP contribution is 2.31. The Bertz CT molecular complexity index is 827. The van der Waals surface area contributed by atoms with E-state index in [0.29, 0.717) is 24.8 Å². The normalized spacial score (nSPS) is 16.5. The van der Waals surface area contributed by atoms with E-state index in [-0.39, 0.29) is 4.90 Å². The molecule has 2 heterocycles. The Balaban J connectivity index is 1.52. The molecule has 1 fully saturated rings. The third-order valence-corrected chi connectivity index (χ3v) is 7.46. The van der Waals surface area contributed by atoms with E-state index in [1.54, 1.807) is 12.1 Å². The number of hydrogen-bond acceptors (Lipinski definition) is 5. The summed E-state index contributed by atoms with van der Waals surface area (Å²) in [7, 11) is -3.58. The molecule has 0 bridgehead atoms. The Kier molecular flexibility index (Phi) is 6.92. The van der Waals surface area contributed by atoms with Crippen molar-refractivity contribution in [1.29, 1.82) is 0 Å². The summed E-state index contributed by atoms with van der Waals surface area (Å²) in [5.41, 5.74) is 0.898. The number of likely N-dealkylation sites (tertiary alicyclic amines) is 1. The summed E-state index contributed by atoms with van der Waals surface area (Å²) in [5.74, 6) is 1.06. The third-order valence-electron chi connectivity index (χ3n) is 4.94. The number of nitrogens with zero attached hydrogens (tertiary/aromatic N) is 1. The highest BCUT2D eigenvalue weighted by Gasteiger charge is 2.23. The van der Waals surface area contributed by atoms with Crippen LogP contribution in [0.25, 0.3) is 0 Å². The highest BCUT2D eigenvalue weighted by atomic mass is 32.2. The zero-order valence-corrected chi connectivity index (χ0v) is 17.6. The Hall–Kier alpha value is -1.41. The van der Waals surface area contributed by atoms with Crippen LogP contribution in [0.1, 0.15) is 36.1 Å². The van der Waals surface area contributed by atoms with E-state index in [9.17, 15) is 8.42 Å². The van der Waals surface area contributed by atoms with Gasteiger partial charge in [-0.25, -0.2) is 13.1 Å². The monoisotopic (exact) mass is 408 g/mol. The van der Waals surface area contributed by atoms with Crippen LogP contribution in [-0.4, -0.2) is 46.1 Å². The first-order valence-corrected chi connectivity index (χ1v) is 11.8. The molecule has 0 spiro atoms. The summed E-state index contributed by atoms with van der Waals surface area (Å²) in [6.45, 7) is 7.33. The first kappa shape index (κ1) is 20.3. The van der Waals surface area contributed by atoms with Gasteiger partial charge in [0.05, 0.1) is 6.61 Å². The molecule has 0 amide bonds. The minimum Gasteiger partial charge on any atom is -0.492 e. The summed E-state index contributed by atoms with van der Waals surface area (Å²) in [6.07, 6.45) is 2.28. The maximum atomic E-state index is 12.7. The molecule has 1 aromatic carbocycles. The van der Waals surface area contributed by atoms with Crippen molar-refractivity contribution in [3.8, 4) is 5.75 Å². The van der Waals surface area contributed by atoms with Crippen molar-refractivity contribution in [1.82, 2.24) is 9.62 Å². The van der Waals surface area contributed by atoms with Gasteiger partial charge in [0.2, 0.25) is 10.0 Å². The molecule has 7 heteroatoms. The number of piperidine rings is 1. The lowest BCUT2D eigenvalue weighted by Gasteiger charge is -2.31. The second kappa shape index (κ2) is 9.19. The van der Waals surface area contributed by atoms with E-state index < -0.39 is 10.0 Å². The number of benzene rings is 1. The molecule has 2 aromatic rings. The van der Waals surface area contributed by atoms with Gasteiger partial charge < -0.3 is 9.64 Å². The average Bonchev–Trinajstić information content (AvgIpc) is 3.18. The minimum absolute atomic E-state index is 0.223. The average molecular weight is 409 g/mol. The number of rotatable bonds is 8. The lowest BCUT2D eigenvalue weighted by molar-refractivity contribution is 0.217. The first-order chi connectivity index (χ1) is 13.0. The van der Waals surface area contributed by atoms with Gasteiger partial charge in [-0.05, 0) is 74.8 Å². The molecule has 0 saturated carbocycles. The summed E-state index contributed by atoms with van der Waals surface area (Å²) in [6, 6.07) is 9.59. The number of sulfonamides is 1.